The molecule has 0 radical (unpaired) electrons. The fourth-order valence-corrected chi connectivity index (χ4v) is 4.72. The first kappa shape index (κ1) is 22.9. The number of carbonyl (C=O) groups is 1. The van der Waals surface area contributed by atoms with Gasteiger partial charge < -0.3 is 19.8 Å². The summed E-state index contributed by atoms with van der Waals surface area (Å²) in [5.74, 6) is 0.796. The number of piperidine rings is 1. The number of carbonyl (C=O) groups excluding carboxylic acids is 1. The maximum Gasteiger partial charge on any atom is 0.410 e. The number of nitrogens with one attached hydrogen (secondary N) is 1. The molecule has 5 rings (SSSR count). The molecule has 1 fully saturated rings. The summed E-state index contributed by atoms with van der Waals surface area (Å²) in [6.07, 6.45) is 0.962. The molecule has 0 saturated carbocycles. The number of anilines is 1. The van der Waals surface area contributed by atoms with Gasteiger partial charge in [0.15, 0.2) is 17.1 Å². The highest BCUT2D eigenvalue weighted by Gasteiger charge is 2.32. The van der Waals surface area contributed by atoms with Crippen LogP contribution in [0.3, 0.4) is 0 Å². The molecule has 0 aliphatic carbocycles. The summed E-state index contributed by atoms with van der Waals surface area (Å²) >= 11 is 0. The minimum Gasteiger partial charge on any atom is -0.454 e. The van der Waals surface area contributed by atoms with E-state index in [9.17, 15) is 9.59 Å². The monoisotopic (exact) mass is 478 g/mol. The number of nitrogen functional groups attached to an aromatic ring is 1. The Labute approximate surface area is 202 Å². The lowest BCUT2D eigenvalue weighted by Gasteiger charge is -2.34. The number of furan rings is 1. The number of rotatable bonds is 2. The quantitative estimate of drug-likeness (QED) is 0.439. The molecular formula is C25H30N6O4. The van der Waals surface area contributed by atoms with Crippen LogP contribution in [-0.2, 0) is 4.74 Å². The first-order chi connectivity index (χ1) is 16.5. The molecule has 4 aromatic rings. The van der Waals surface area contributed by atoms with Gasteiger partial charge in [-0.3, -0.25) is 9.48 Å². The zero-order chi connectivity index (χ0) is 25.1. The molecule has 0 unspecified atom stereocenters. The Kier molecular flexibility index (Phi) is 5.34. The van der Waals surface area contributed by atoms with Crippen molar-refractivity contribution in [2.75, 3.05) is 18.8 Å². The van der Waals surface area contributed by atoms with E-state index in [-0.39, 0.29) is 23.5 Å². The number of aromatic nitrogens is 4. The van der Waals surface area contributed by atoms with Gasteiger partial charge >= 0.3 is 6.09 Å². The van der Waals surface area contributed by atoms with E-state index in [0.717, 1.165) is 22.1 Å². The average molecular weight is 479 g/mol. The first-order valence-corrected chi connectivity index (χ1v) is 11.8. The Hall–Kier alpha value is -3.82. The average Bonchev–Trinajstić information content (AvgIpc) is 3.34. The Morgan fingerprint density at radius 3 is 2.63 bits per heavy atom. The Morgan fingerprint density at radius 2 is 1.94 bits per heavy atom. The highest BCUT2D eigenvalue weighted by Crippen LogP contribution is 2.40. The van der Waals surface area contributed by atoms with E-state index in [4.69, 9.17) is 14.9 Å². The largest absolute Gasteiger partial charge is 0.454 e. The van der Waals surface area contributed by atoms with Crippen molar-refractivity contribution in [1.29, 1.82) is 0 Å². The minimum atomic E-state index is -0.552. The number of nitrogens with two attached hydrogens (primary N) is 1. The maximum absolute atomic E-state index is 12.6. The standard InChI is InChI=1S/C25H30N6O4/c1-13-6-7-17-16(12-13)14(2)21(34-17)20-18-19(23(32)28-27-22(18)26)29-31(20)15-8-10-30(11-9-15)24(33)35-25(3,4)5/h6-7,12,15H,8-11H2,1-5H3,(H2,26,27)(H,28,32). The summed E-state index contributed by atoms with van der Waals surface area (Å²) in [7, 11) is 0. The molecule has 10 heteroatoms. The third kappa shape index (κ3) is 4.02. The molecule has 0 spiro atoms. The van der Waals surface area contributed by atoms with Crippen LogP contribution in [0.2, 0.25) is 0 Å². The van der Waals surface area contributed by atoms with E-state index in [1.165, 1.54) is 0 Å². The molecule has 1 amide bonds. The Balaban J connectivity index is 1.59. The Bertz CT molecular complexity index is 1500. The van der Waals surface area contributed by atoms with E-state index in [2.05, 4.69) is 21.4 Å². The number of benzene rings is 1. The molecule has 184 valence electrons. The fourth-order valence-electron chi connectivity index (χ4n) is 4.72. The zero-order valence-electron chi connectivity index (χ0n) is 20.6. The summed E-state index contributed by atoms with van der Waals surface area (Å²) in [6, 6.07) is 5.95. The molecule has 0 bridgehead atoms. The van der Waals surface area contributed by atoms with Crippen molar-refractivity contribution in [3.8, 4) is 11.5 Å². The number of likely N-dealkylation sites (tertiary alicyclic amines) is 1. The smallest absolute Gasteiger partial charge is 0.410 e. The van der Waals surface area contributed by atoms with Crippen molar-refractivity contribution < 1.29 is 13.9 Å². The van der Waals surface area contributed by atoms with Crippen LogP contribution in [0, 0.1) is 13.8 Å². The molecular weight excluding hydrogens is 448 g/mol. The van der Waals surface area contributed by atoms with Gasteiger partial charge in [0, 0.05) is 24.0 Å². The van der Waals surface area contributed by atoms with Crippen LogP contribution in [0.4, 0.5) is 10.6 Å². The van der Waals surface area contributed by atoms with Crippen molar-refractivity contribution >= 4 is 33.8 Å². The lowest BCUT2D eigenvalue weighted by atomic mass is 10.0. The number of aryl methyl sites for hydroxylation is 2. The third-order valence-electron chi connectivity index (χ3n) is 6.43. The maximum atomic E-state index is 12.6. The summed E-state index contributed by atoms with van der Waals surface area (Å²) in [5.41, 5.74) is 8.96. The number of hydrogen-bond donors (Lipinski definition) is 2. The number of aromatic amines is 1. The molecule has 10 nitrogen and oxygen atoms in total. The number of amides is 1. The van der Waals surface area contributed by atoms with Crippen molar-refractivity contribution in [3.05, 3.63) is 39.7 Å². The first-order valence-electron chi connectivity index (χ1n) is 11.8. The predicted octanol–water partition coefficient (Wildman–Crippen LogP) is 4.30. The zero-order valence-corrected chi connectivity index (χ0v) is 20.6. The molecule has 3 aromatic heterocycles. The second-order valence-electron chi connectivity index (χ2n) is 10.2. The lowest BCUT2D eigenvalue weighted by Crippen LogP contribution is -2.42. The Morgan fingerprint density at radius 1 is 1.23 bits per heavy atom. The molecule has 1 aliphatic heterocycles. The van der Waals surface area contributed by atoms with Crippen LogP contribution in [0.25, 0.3) is 33.3 Å². The van der Waals surface area contributed by atoms with Crippen LogP contribution in [0.15, 0.2) is 27.4 Å². The normalized spacial score (nSPS) is 15.3. The molecule has 1 aliphatic rings. The van der Waals surface area contributed by atoms with Gasteiger partial charge in [-0.1, -0.05) is 11.6 Å². The molecule has 35 heavy (non-hydrogen) atoms. The number of ether oxygens (including phenoxy) is 1. The van der Waals surface area contributed by atoms with Crippen LogP contribution in [0.1, 0.15) is 50.8 Å². The topological polar surface area (TPSA) is 132 Å². The molecule has 4 heterocycles. The second kappa shape index (κ2) is 8.14. The molecule has 0 atom stereocenters. The van der Waals surface area contributed by atoms with Crippen molar-refractivity contribution in [2.45, 2.75) is 59.1 Å². The summed E-state index contributed by atoms with van der Waals surface area (Å²) < 4.78 is 13.7. The van der Waals surface area contributed by atoms with E-state index in [1.807, 2.05) is 51.4 Å². The van der Waals surface area contributed by atoms with E-state index >= 15 is 0 Å². The number of nitrogens with zero attached hydrogens (tertiary/aromatic N) is 4. The van der Waals surface area contributed by atoms with Crippen molar-refractivity contribution in [3.63, 3.8) is 0 Å². The van der Waals surface area contributed by atoms with Gasteiger partial charge in [0.1, 0.15) is 16.9 Å². The summed E-state index contributed by atoms with van der Waals surface area (Å²) in [6.45, 7) is 10.6. The van der Waals surface area contributed by atoms with Gasteiger partial charge in [0.25, 0.3) is 5.56 Å². The highest BCUT2D eigenvalue weighted by molar-refractivity contribution is 6.01. The fraction of sp³-hybridized carbons (Fsp3) is 0.440. The summed E-state index contributed by atoms with van der Waals surface area (Å²) in [5, 5.41) is 12.6. The number of hydrogen-bond acceptors (Lipinski definition) is 7. The predicted molar refractivity (Wildman–Crippen MR) is 133 cm³/mol. The van der Waals surface area contributed by atoms with E-state index < -0.39 is 11.2 Å². The number of fused-ring (bicyclic) bond motifs is 2. The van der Waals surface area contributed by atoms with Crippen molar-refractivity contribution in [1.82, 2.24) is 24.9 Å². The SMILES string of the molecule is Cc1ccc2oc(-c3c4c(N)n[nH]c(=O)c4nn3C3CCN(C(=O)OC(C)(C)C)CC3)c(C)c2c1. The van der Waals surface area contributed by atoms with Gasteiger partial charge in [0.05, 0.1) is 11.4 Å². The van der Waals surface area contributed by atoms with Crippen LogP contribution < -0.4 is 11.3 Å². The van der Waals surface area contributed by atoms with Gasteiger partial charge in [-0.15, -0.1) is 0 Å². The number of H-pyrrole nitrogens is 1. The summed E-state index contributed by atoms with van der Waals surface area (Å²) in [4.78, 5) is 26.9. The van der Waals surface area contributed by atoms with Gasteiger partial charge in [0.2, 0.25) is 0 Å². The van der Waals surface area contributed by atoms with Crippen LogP contribution >= 0.6 is 0 Å². The van der Waals surface area contributed by atoms with Crippen LogP contribution in [-0.4, -0.2) is 49.7 Å². The second-order valence-corrected chi connectivity index (χ2v) is 10.2. The highest BCUT2D eigenvalue weighted by atomic mass is 16.6. The van der Waals surface area contributed by atoms with Crippen molar-refractivity contribution in [2.24, 2.45) is 0 Å². The third-order valence-corrected chi connectivity index (χ3v) is 6.43. The van der Waals surface area contributed by atoms with E-state index in [1.54, 1.807) is 4.90 Å². The van der Waals surface area contributed by atoms with Gasteiger partial charge in [-0.05, 0) is 59.6 Å². The molecule has 1 saturated heterocycles. The van der Waals surface area contributed by atoms with Gasteiger partial charge in [-0.2, -0.15) is 10.2 Å². The molecule has 1 aromatic carbocycles. The van der Waals surface area contributed by atoms with Crippen LogP contribution in [0.5, 0.6) is 0 Å². The van der Waals surface area contributed by atoms with E-state index in [0.29, 0.717) is 42.8 Å². The van der Waals surface area contributed by atoms with Gasteiger partial charge in [-0.25, -0.2) is 9.89 Å². The molecule has 3 N–H and O–H groups in total. The lowest BCUT2D eigenvalue weighted by molar-refractivity contribution is 0.0185. The minimum absolute atomic E-state index is 0.0655.